The summed E-state index contributed by atoms with van der Waals surface area (Å²) in [6, 6.07) is 3.88. The van der Waals surface area contributed by atoms with E-state index >= 15 is 0 Å². The van der Waals surface area contributed by atoms with E-state index in [0.29, 0.717) is 30.7 Å². The lowest BCUT2D eigenvalue weighted by molar-refractivity contribution is 0.0492. The van der Waals surface area contributed by atoms with Gasteiger partial charge in [-0.2, -0.15) is 0 Å². The first-order valence-electron chi connectivity index (χ1n) is 5.87. The molecule has 1 fully saturated rings. The number of hydrogen-bond acceptors (Lipinski definition) is 2. The van der Waals surface area contributed by atoms with Crippen LogP contribution in [0.4, 0.5) is 8.78 Å². The number of benzene rings is 1. The van der Waals surface area contributed by atoms with Crippen molar-refractivity contribution in [1.29, 1.82) is 0 Å². The van der Waals surface area contributed by atoms with Crippen LogP contribution in [0.2, 0.25) is 0 Å². The Morgan fingerprint density at radius 2 is 1.82 bits per heavy atom. The van der Waals surface area contributed by atoms with E-state index in [9.17, 15) is 8.78 Å². The molecule has 3 atom stereocenters. The molecule has 1 aliphatic heterocycles. The number of ether oxygens (including phenoxy) is 1. The van der Waals surface area contributed by atoms with Gasteiger partial charge < -0.3 is 10.1 Å². The number of hydrogen-bond donors (Lipinski definition) is 1. The van der Waals surface area contributed by atoms with Gasteiger partial charge >= 0.3 is 0 Å². The van der Waals surface area contributed by atoms with Crippen LogP contribution in [0.5, 0.6) is 0 Å². The fraction of sp³-hybridized carbons (Fsp3) is 0.538. The second-order valence-corrected chi connectivity index (χ2v) is 4.70. The zero-order valence-corrected chi connectivity index (χ0v) is 10.0. The summed E-state index contributed by atoms with van der Waals surface area (Å²) in [7, 11) is 0. The minimum Gasteiger partial charge on any atom is -0.372 e. The molecule has 3 unspecified atom stereocenters. The predicted octanol–water partition coefficient (Wildman–Crippen LogP) is 2.65. The molecule has 4 heteroatoms. The highest BCUT2D eigenvalue weighted by atomic mass is 19.1. The first-order valence-corrected chi connectivity index (χ1v) is 5.87. The van der Waals surface area contributed by atoms with E-state index in [-0.39, 0.29) is 6.10 Å². The molecular weight excluding hydrogens is 224 g/mol. The van der Waals surface area contributed by atoms with Gasteiger partial charge in [-0.1, -0.05) is 6.92 Å². The molecule has 1 heterocycles. The zero-order valence-electron chi connectivity index (χ0n) is 10.0. The lowest BCUT2D eigenvalue weighted by Gasteiger charge is -2.15. The highest BCUT2D eigenvalue weighted by Crippen LogP contribution is 2.23. The highest BCUT2D eigenvalue weighted by molar-refractivity contribution is 5.21. The Morgan fingerprint density at radius 3 is 2.47 bits per heavy atom. The van der Waals surface area contributed by atoms with Crippen molar-refractivity contribution >= 4 is 0 Å². The normalized spacial score (nSPS) is 30.0. The quantitative estimate of drug-likeness (QED) is 0.816. The lowest BCUT2D eigenvalue weighted by atomic mass is 10.1. The van der Waals surface area contributed by atoms with Gasteiger partial charge in [-0.15, -0.1) is 0 Å². The largest absolute Gasteiger partial charge is 0.372 e. The Hall–Kier alpha value is -1.00. The third-order valence-corrected chi connectivity index (χ3v) is 3.30. The summed E-state index contributed by atoms with van der Waals surface area (Å²) in [6.07, 6.45) is -0.285. The Balaban J connectivity index is 2.16. The molecule has 0 radical (unpaired) electrons. The average molecular weight is 241 g/mol. The fourth-order valence-corrected chi connectivity index (χ4v) is 1.94. The fourth-order valence-electron chi connectivity index (χ4n) is 1.94. The van der Waals surface area contributed by atoms with Crippen LogP contribution >= 0.6 is 0 Å². The molecule has 2 rings (SSSR count). The molecule has 0 bridgehead atoms. The van der Waals surface area contributed by atoms with Crippen molar-refractivity contribution in [2.45, 2.75) is 26.0 Å². The summed E-state index contributed by atoms with van der Waals surface area (Å²) >= 11 is 0. The molecule has 2 nitrogen and oxygen atoms in total. The molecule has 1 aliphatic rings. The van der Waals surface area contributed by atoms with Gasteiger partial charge in [-0.3, -0.25) is 0 Å². The summed E-state index contributed by atoms with van der Waals surface area (Å²) in [5.74, 6) is -0.735. The minimum atomic E-state index is -0.561. The van der Waals surface area contributed by atoms with E-state index in [4.69, 9.17) is 4.74 Å². The topological polar surface area (TPSA) is 21.3 Å². The number of rotatable bonds is 1. The van der Waals surface area contributed by atoms with Crippen molar-refractivity contribution in [3.63, 3.8) is 0 Å². The van der Waals surface area contributed by atoms with Crippen LogP contribution in [0.15, 0.2) is 18.2 Å². The summed E-state index contributed by atoms with van der Waals surface area (Å²) in [4.78, 5) is 0. The SMILES string of the molecule is CC1COC(c2cc(F)cc(F)c2)CNC1C. The lowest BCUT2D eigenvalue weighted by Crippen LogP contribution is -2.32. The van der Waals surface area contributed by atoms with Crippen molar-refractivity contribution in [2.24, 2.45) is 5.92 Å². The second kappa shape index (κ2) is 5.10. The van der Waals surface area contributed by atoms with Crippen molar-refractivity contribution < 1.29 is 13.5 Å². The third kappa shape index (κ3) is 3.01. The zero-order chi connectivity index (χ0) is 12.4. The van der Waals surface area contributed by atoms with Gasteiger partial charge in [-0.25, -0.2) is 8.78 Å². The van der Waals surface area contributed by atoms with Crippen molar-refractivity contribution in [3.05, 3.63) is 35.4 Å². The van der Waals surface area contributed by atoms with Gasteiger partial charge in [0.2, 0.25) is 0 Å². The molecular formula is C13H17F2NO. The molecule has 0 spiro atoms. The van der Waals surface area contributed by atoms with Crippen LogP contribution in [0, 0.1) is 17.6 Å². The standard InChI is InChI=1S/C13H17F2NO/c1-8-7-17-13(6-16-9(8)2)10-3-11(14)5-12(15)4-10/h3-5,8-9,13,16H,6-7H2,1-2H3. The van der Waals surface area contributed by atoms with E-state index in [1.807, 2.05) is 0 Å². The van der Waals surface area contributed by atoms with Gasteiger partial charge in [0, 0.05) is 18.7 Å². The van der Waals surface area contributed by atoms with Gasteiger partial charge in [0.05, 0.1) is 12.7 Å². The molecule has 1 N–H and O–H groups in total. The van der Waals surface area contributed by atoms with Crippen LogP contribution in [0.25, 0.3) is 0 Å². The Morgan fingerprint density at radius 1 is 1.18 bits per heavy atom. The first-order chi connectivity index (χ1) is 8.06. The monoisotopic (exact) mass is 241 g/mol. The van der Waals surface area contributed by atoms with Gasteiger partial charge in [0.1, 0.15) is 11.6 Å². The van der Waals surface area contributed by atoms with Crippen molar-refractivity contribution in [3.8, 4) is 0 Å². The molecule has 1 aromatic rings. The molecule has 0 aromatic heterocycles. The van der Waals surface area contributed by atoms with E-state index in [0.717, 1.165) is 6.07 Å². The molecule has 94 valence electrons. The maximum absolute atomic E-state index is 13.1. The molecule has 0 aliphatic carbocycles. The van der Waals surface area contributed by atoms with Crippen LogP contribution in [0.3, 0.4) is 0 Å². The summed E-state index contributed by atoms with van der Waals surface area (Å²) in [5, 5.41) is 3.31. The van der Waals surface area contributed by atoms with Crippen LogP contribution in [0.1, 0.15) is 25.5 Å². The van der Waals surface area contributed by atoms with E-state index in [1.54, 1.807) is 0 Å². The molecule has 0 amide bonds. The Labute approximate surface area is 100.0 Å². The molecule has 1 saturated heterocycles. The maximum atomic E-state index is 13.1. The van der Waals surface area contributed by atoms with Crippen LogP contribution in [-0.4, -0.2) is 19.2 Å². The van der Waals surface area contributed by atoms with Crippen molar-refractivity contribution in [1.82, 2.24) is 5.32 Å². The summed E-state index contributed by atoms with van der Waals surface area (Å²) in [5.41, 5.74) is 0.552. The van der Waals surface area contributed by atoms with Crippen LogP contribution < -0.4 is 5.32 Å². The maximum Gasteiger partial charge on any atom is 0.126 e. The molecule has 17 heavy (non-hydrogen) atoms. The number of nitrogens with one attached hydrogen (secondary N) is 1. The molecule has 0 saturated carbocycles. The molecule has 1 aromatic carbocycles. The van der Waals surface area contributed by atoms with E-state index in [1.165, 1.54) is 12.1 Å². The Kier molecular flexibility index (Phi) is 3.74. The summed E-state index contributed by atoms with van der Waals surface area (Å²) < 4.78 is 31.9. The smallest absolute Gasteiger partial charge is 0.126 e. The van der Waals surface area contributed by atoms with Gasteiger partial charge in [-0.05, 0) is 30.5 Å². The highest BCUT2D eigenvalue weighted by Gasteiger charge is 2.23. The third-order valence-electron chi connectivity index (χ3n) is 3.30. The first kappa shape index (κ1) is 12.5. The number of halogens is 2. The second-order valence-electron chi connectivity index (χ2n) is 4.70. The van der Waals surface area contributed by atoms with Crippen molar-refractivity contribution in [2.75, 3.05) is 13.2 Å². The minimum absolute atomic E-state index is 0.285. The Bertz CT molecular complexity index is 365. The predicted molar refractivity (Wildman–Crippen MR) is 61.7 cm³/mol. The van der Waals surface area contributed by atoms with E-state index in [2.05, 4.69) is 19.2 Å². The summed E-state index contributed by atoms with van der Waals surface area (Å²) in [6.45, 7) is 5.35. The van der Waals surface area contributed by atoms with Gasteiger partial charge in [0.15, 0.2) is 0 Å². The van der Waals surface area contributed by atoms with Gasteiger partial charge in [0.25, 0.3) is 0 Å². The van der Waals surface area contributed by atoms with Crippen LogP contribution in [-0.2, 0) is 4.74 Å². The van der Waals surface area contributed by atoms with E-state index < -0.39 is 11.6 Å². The average Bonchev–Trinajstić information content (AvgIpc) is 2.41.